The van der Waals surface area contributed by atoms with Gasteiger partial charge in [0.2, 0.25) is 0 Å². The number of nitrogens with two attached hydrogens (primary N) is 2. The highest BCUT2D eigenvalue weighted by atomic mass is 16.1. The molecule has 0 aliphatic carbocycles. The maximum absolute atomic E-state index is 12.8. The Morgan fingerprint density at radius 2 is 1.79 bits per heavy atom. The highest BCUT2D eigenvalue weighted by molar-refractivity contribution is 5.85. The number of hydrogen-bond donors (Lipinski definition) is 2. The molecule has 5 heteroatoms. The van der Waals surface area contributed by atoms with Gasteiger partial charge >= 0.3 is 0 Å². The van der Waals surface area contributed by atoms with E-state index in [9.17, 15) is 4.79 Å². The third-order valence-electron chi connectivity index (χ3n) is 4.37. The number of hydrogen-bond acceptors (Lipinski definition) is 4. The molecule has 0 radical (unpaired) electrons. The molecule has 5 nitrogen and oxygen atoms in total. The number of rotatable bonds is 1. The summed E-state index contributed by atoms with van der Waals surface area (Å²) >= 11 is 0. The van der Waals surface area contributed by atoms with Crippen molar-refractivity contribution in [1.29, 1.82) is 0 Å². The van der Waals surface area contributed by atoms with Gasteiger partial charge in [0.05, 0.1) is 10.9 Å². The lowest BCUT2D eigenvalue weighted by atomic mass is 10.0. The van der Waals surface area contributed by atoms with Crippen LogP contribution in [0.2, 0.25) is 0 Å². The summed E-state index contributed by atoms with van der Waals surface area (Å²) in [5.41, 5.74) is 15.7. The van der Waals surface area contributed by atoms with Crippen molar-refractivity contribution in [3.8, 4) is 0 Å². The highest BCUT2D eigenvalue weighted by Gasteiger charge is 2.18. The fourth-order valence-corrected chi connectivity index (χ4v) is 3.16. The Labute approximate surface area is 139 Å². The van der Waals surface area contributed by atoms with Gasteiger partial charge in [-0.15, -0.1) is 0 Å². The third kappa shape index (κ3) is 2.44. The zero-order valence-corrected chi connectivity index (χ0v) is 13.2. The third-order valence-corrected chi connectivity index (χ3v) is 4.37. The molecular formula is C19H18N4O. The predicted octanol–water partition coefficient (Wildman–Crippen LogP) is 2.90. The van der Waals surface area contributed by atoms with Crippen molar-refractivity contribution in [1.82, 2.24) is 9.55 Å². The molecule has 4 rings (SSSR count). The summed E-state index contributed by atoms with van der Waals surface area (Å²) in [5.74, 6) is 0.750. The molecule has 1 aromatic heterocycles. The molecule has 1 aliphatic rings. The van der Waals surface area contributed by atoms with Crippen molar-refractivity contribution >= 4 is 33.9 Å². The summed E-state index contributed by atoms with van der Waals surface area (Å²) in [7, 11) is 0. The Hall–Kier alpha value is -3.08. The molecule has 0 amide bonds. The minimum atomic E-state index is -0.0230. The standard InChI is InChI=1S/C19H18N4O/c20-14-5-3-12(4-6-14)10-13-2-1-9-23-18(13)22-17-8-7-15(21)11-16(17)19(23)24/h3-8,10-11H,1-2,9,20-21H2/b13-10+. The zero-order chi connectivity index (χ0) is 16.7. The molecule has 4 N–H and O–H groups in total. The van der Waals surface area contributed by atoms with E-state index < -0.39 is 0 Å². The van der Waals surface area contributed by atoms with Crippen LogP contribution in [-0.4, -0.2) is 9.55 Å². The maximum Gasteiger partial charge on any atom is 0.261 e. The van der Waals surface area contributed by atoms with Crippen LogP contribution in [0.5, 0.6) is 0 Å². The molecule has 3 aromatic rings. The van der Waals surface area contributed by atoms with Crippen molar-refractivity contribution < 1.29 is 0 Å². The van der Waals surface area contributed by atoms with Crippen molar-refractivity contribution in [3.63, 3.8) is 0 Å². The van der Waals surface area contributed by atoms with Crippen LogP contribution in [-0.2, 0) is 6.54 Å². The molecule has 0 unspecified atom stereocenters. The fourth-order valence-electron chi connectivity index (χ4n) is 3.16. The van der Waals surface area contributed by atoms with Crippen molar-refractivity contribution in [2.24, 2.45) is 0 Å². The zero-order valence-electron chi connectivity index (χ0n) is 13.2. The SMILES string of the molecule is Nc1ccc(/C=C2\CCCn3c2nc2ccc(N)cc2c3=O)cc1. The molecule has 0 atom stereocenters. The van der Waals surface area contributed by atoms with Gasteiger partial charge in [0.1, 0.15) is 5.82 Å². The Bertz CT molecular complexity index is 1020. The average Bonchev–Trinajstić information content (AvgIpc) is 2.58. The van der Waals surface area contributed by atoms with E-state index in [2.05, 4.69) is 6.08 Å². The van der Waals surface area contributed by atoms with E-state index in [4.69, 9.17) is 16.5 Å². The quantitative estimate of drug-likeness (QED) is 0.675. The monoisotopic (exact) mass is 318 g/mol. The molecule has 1 aliphatic heterocycles. The summed E-state index contributed by atoms with van der Waals surface area (Å²) in [6, 6.07) is 13.0. The summed E-state index contributed by atoms with van der Waals surface area (Å²) in [4.78, 5) is 17.5. The van der Waals surface area contributed by atoms with E-state index >= 15 is 0 Å². The second kappa shape index (κ2) is 5.53. The lowest BCUT2D eigenvalue weighted by Crippen LogP contribution is -2.27. The van der Waals surface area contributed by atoms with Crippen molar-refractivity contribution in [3.05, 3.63) is 64.2 Å². The van der Waals surface area contributed by atoms with Crippen LogP contribution >= 0.6 is 0 Å². The number of aromatic nitrogens is 2. The summed E-state index contributed by atoms with van der Waals surface area (Å²) in [5, 5.41) is 0.576. The number of nitrogens with zero attached hydrogens (tertiary/aromatic N) is 2. The number of allylic oxidation sites excluding steroid dienone is 1. The Morgan fingerprint density at radius 3 is 2.58 bits per heavy atom. The second-order valence-electron chi connectivity index (χ2n) is 6.11. The van der Waals surface area contributed by atoms with Crippen molar-refractivity contribution in [2.75, 3.05) is 11.5 Å². The van der Waals surface area contributed by atoms with Gasteiger partial charge in [-0.3, -0.25) is 9.36 Å². The predicted molar refractivity (Wildman–Crippen MR) is 98.4 cm³/mol. The molecule has 2 heterocycles. The first-order chi connectivity index (χ1) is 11.6. The average molecular weight is 318 g/mol. The van der Waals surface area contributed by atoms with Gasteiger partial charge in [-0.2, -0.15) is 0 Å². The largest absolute Gasteiger partial charge is 0.399 e. The van der Waals surface area contributed by atoms with E-state index in [0.29, 0.717) is 23.1 Å². The van der Waals surface area contributed by atoms with Crippen LogP contribution in [0.3, 0.4) is 0 Å². The van der Waals surface area contributed by atoms with E-state index in [-0.39, 0.29) is 5.56 Å². The minimum absolute atomic E-state index is 0.0230. The highest BCUT2D eigenvalue weighted by Crippen LogP contribution is 2.27. The van der Waals surface area contributed by atoms with Gasteiger partial charge in [0, 0.05) is 17.9 Å². The molecule has 120 valence electrons. The summed E-state index contributed by atoms with van der Waals surface area (Å²) in [6.07, 6.45) is 3.90. The molecule has 0 spiro atoms. The van der Waals surface area contributed by atoms with Crippen LogP contribution in [0.4, 0.5) is 11.4 Å². The van der Waals surface area contributed by atoms with Gasteiger partial charge in [-0.25, -0.2) is 4.98 Å². The van der Waals surface area contributed by atoms with Crippen LogP contribution in [0, 0.1) is 0 Å². The number of nitrogen functional groups attached to an aromatic ring is 2. The van der Waals surface area contributed by atoms with Crippen LogP contribution in [0.1, 0.15) is 24.2 Å². The van der Waals surface area contributed by atoms with Crippen LogP contribution in [0.25, 0.3) is 22.6 Å². The van der Waals surface area contributed by atoms with E-state index in [0.717, 1.165) is 35.5 Å². The second-order valence-corrected chi connectivity index (χ2v) is 6.11. The molecule has 24 heavy (non-hydrogen) atoms. The van der Waals surface area contributed by atoms with Gasteiger partial charge < -0.3 is 11.5 Å². The van der Waals surface area contributed by atoms with E-state index in [1.54, 1.807) is 16.7 Å². The number of benzene rings is 2. The Kier molecular flexibility index (Phi) is 3.34. The first-order valence-electron chi connectivity index (χ1n) is 7.98. The van der Waals surface area contributed by atoms with Gasteiger partial charge in [0.15, 0.2) is 0 Å². The van der Waals surface area contributed by atoms with E-state index in [1.807, 2.05) is 30.3 Å². The van der Waals surface area contributed by atoms with Gasteiger partial charge in [-0.05, 0) is 60.4 Å². The summed E-state index contributed by atoms with van der Waals surface area (Å²) < 4.78 is 1.76. The lowest BCUT2D eigenvalue weighted by Gasteiger charge is -2.21. The van der Waals surface area contributed by atoms with Crippen molar-refractivity contribution in [2.45, 2.75) is 19.4 Å². The molecule has 2 aromatic carbocycles. The first-order valence-corrected chi connectivity index (χ1v) is 7.98. The van der Waals surface area contributed by atoms with Crippen LogP contribution in [0.15, 0.2) is 47.3 Å². The smallest absolute Gasteiger partial charge is 0.261 e. The maximum atomic E-state index is 12.8. The lowest BCUT2D eigenvalue weighted by molar-refractivity contribution is 0.587. The topological polar surface area (TPSA) is 86.9 Å². The van der Waals surface area contributed by atoms with E-state index in [1.165, 1.54) is 0 Å². The normalized spacial score (nSPS) is 15.6. The number of fused-ring (bicyclic) bond motifs is 2. The van der Waals surface area contributed by atoms with Gasteiger partial charge in [0.25, 0.3) is 5.56 Å². The first kappa shape index (κ1) is 14.5. The summed E-state index contributed by atoms with van der Waals surface area (Å²) in [6.45, 7) is 0.685. The van der Waals surface area contributed by atoms with Crippen LogP contribution < -0.4 is 17.0 Å². The minimum Gasteiger partial charge on any atom is -0.399 e. The molecule has 0 saturated heterocycles. The molecule has 0 fully saturated rings. The fraction of sp³-hybridized carbons (Fsp3) is 0.158. The molecule has 0 saturated carbocycles. The Morgan fingerprint density at radius 1 is 1.04 bits per heavy atom. The molecule has 0 bridgehead atoms. The molecular weight excluding hydrogens is 300 g/mol. The van der Waals surface area contributed by atoms with Gasteiger partial charge in [-0.1, -0.05) is 12.1 Å². The number of anilines is 2. The Balaban J connectivity index is 1.91.